The molecule has 0 saturated carbocycles. The molecule has 4 N–H and O–H groups in total. The molecule has 0 radical (unpaired) electrons. The Morgan fingerprint density at radius 1 is 1.29 bits per heavy atom. The Hall–Kier alpha value is -3.81. The lowest BCUT2D eigenvalue weighted by atomic mass is 10.2. The summed E-state index contributed by atoms with van der Waals surface area (Å²) in [5.41, 5.74) is 9.43. The van der Waals surface area contributed by atoms with Crippen molar-refractivity contribution < 1.29 is 19.4 Å². The lowest BCUT2D eigenvalue weighted by Crippen LogP contribution is -2.17. The summed E-state index contributed by atoms with van der Waals surface area (Å²) in [5, 5.41) is 14.8. The van der Waals surface area contributed by atoms with E-state index in [1.165, 1.54) is 25.5 Å². The number of benzene rings is 2. The monoisotopic (exact) mass is 380 g/mol. The number of aromatic nitrogens is 1. The van der Waals surface area contributed by atoms with Gasteiger partial charge in [0.2, 0.25) is 5.91 Å². The Bertz CT molecular complexity index is 1060. The number of primary amides is 1. The molecule has 0 bridgehead atoms. The highest BCUT2D eigenvalue weighted by Crippen LogP contribution is 2.23. The second kappa shape index (κ2) is 8.26. The molecule has 0 saturated heterocycles. The fraction of sp³-hybridized carbons (Fsp3) is 0.150. The van der Waals surface area contributed by atoms with Gasteiger partial charge in [-0.2, -0.15) is 5.10 Å². The average molecular weight is 380 g/mol. The summed E-state index contributed by atoms with van der Waals surface area (Å²) in [6.45, 7) is 0.454. The first kappa shape index (κ1) is 19.0. The molecule has 3 aromatic rings. The van der Waals surface area contributed by atoms with E-state index >= 15 is 0 Å². The molecular weight excluding hydrogens is 360 g/mol. The zero-order chi connectivity index (χ0) is 20.1. The number of amides is 2. The quantitative estimate of drug-likeness (QED) is 0.429. The molecular formula is C20H20N4O4. The van der Waals surface area contributed by atoms with Gasteiger partial charge in [0.1, 0.15) is 11.5 Å². The number of phenolic OH excluding ortho intramolecular Hbond substituents is 1. The van der Waals surface area contributed by atoms with Crippen LogP contribution in [0, 0.1) is 0 Å². The number of carbonyl (C=O) groups is 2. The van der Waals surface area contributed by atoms with Gasteiger partial charge >= 0.3 is 0 Å². The smallest absolute Gasteiger partial charge is 0.275 e. The van der Waals surface area contributed by atoms with E-state index < -0.39 is 5.91 Å². The van der Waals surface area contributed by atoms with Crippen LogP contribution < -0.4 is 15.9 Å². The molecule has 28 heavy (non-hydrogen) atoms. The van der Waals surface area contributed by atoms with Crippen LogP contribution >= 0.6 is 0 Å². The van der Waals surface area contributed by atoms with Gasteiger partial charge in [0.05, 0.1) is 18.9 Å². The number of phenols is 1. The molecule has 8 heteroatoms. The van der Waals surface area contributed by atoms with Gasteiger partial charge in [0.15, 0.2) is 0 Å². The number of carbonyl (C=O) groups excluding carboxylic acids is 2. The predicted octanol–water partition coefficient (Wildman–Crippen LogP) is 1.99. The van der Waals surface area contributed by atoms with Crippen LogP contribution in [0.5, 0.6) is 11.5 Å². The van der Waals surface area contributed by atoms with Crippen LogP contribution in [-0.4, -0.2) is 34.8 Å². The first-order valence-electron chi connectivity index (χ1n) is 8.56. The highest BCUT2D eigenvalue weighted by Gasteiger charge is 2.12. The van der Waals surface area contributed by atoms with Crippen molar-refractivity contribution >= 4 is 28.9 Å². The van der Waals surface area contributed by atoms with E-state index in [2.05, 4.69) is 10.5 Å². The number of nitrogens with two attached hydrogens (primary N) is 1. The molecule has 8 nitrogen and oxygen atoms in total. The van der Waals surface area contributed by atoms with Crippen LogP contribution in [0.15, 0.2) is 53.8 Å². The van der Waals surface area contributed by atoms with Gasteiger partial charge in [0, 0.05) is 41.7 Å². The minimum Gasteiger partial charge on any atom is -0.507 e. The van der Waals surface area contributed by atoms with Crippen molar-refractivity contribution in [1.82, 2.24) is 9.99 Å². The molecule has 1 heterocycles. The Balaban J connectivity index is 1.78. The first-order chi connectivity index (χ1) is 13.5. The van der Waals surface area contributed by atoms with Gasteiger partial charge in [-0.05, 0) is 18.2 Å². The second-order valence-electron chi connectivity index (χ2n) is 6.09. The van der Waals surface area contributed by atoms with E-state index in [4.69, 9.17) is 10.5 Å². The number of hydrogen-bond donors (Lipinski definition) is 3. The van der Waals surface area contributed by atoms with Gasteiger partial charge in [-0.1, -0.05) is 18.2 Å². The molecule has 3 rings (SSSR count). The van der Waals surface area contributed by atoms with Crippen LogP contribution in [0.2, 0.25) is 0 Å². The molecule has 0 spiro atoms. The van der Waals surface area contributed by atoms with Crippen molar-refractivity contribution in [3.63, 3.8) is 0 Å². The van der Waals surface area contributed by atoms with E-state index in [0.717, 1.165) is 16.5 Å². The number of nitrogens with zero attached hydrogens (tertiary/aromatic N) is 2. The molecule has 0 aliphatic carbocycles. The Labute approximate surface area is 161 Å². The van der Waals surface area contributed by atoms with Crippen LogP contribution in [0.4, 0.5) is 0 Å². The number of methoxy groups -OCH3 is 1. The van der Waals surface area contributed by atoms with Crippen LogP contribution in [0.3, 0.4) is 0 Å². The van der Waals surface area contributed by atoms with Crippen molar-refractivity contribution in [2.24, 2.45) is 10.8 Å². The fourth-order valence-corrected chi connectivity index (χ4v) is 2.84. The Kier molecular flexibility index (Phi) is 5.59. The highest BCUT2D eigenvalue weighted by atomic mass is 16.5. The third-order valence-electron chi connectivity index (χ3n) is 4.24. The number of fused-ring (bicyclic) bond motifs is 1. The van der Waals surface area contributed by atoms with Crippen molar-refractivity contribution in [1.29, 1.82) is 0 Å². The summed E-state index contributed by atoms with van der Waals surface area (Å²) in [6.07, 6.45) is 3.58. The van der Waals surface area contributed by atoms with Crippen LogP contribution in [0.1, 0.15) is 22.3 Å². The maximum atomic E-state index is 12.2. The maximum Gasteiger partial charge on any atom is 0.275 e. The number of ether oxygens (including phenoxy) is 1. The predicted molar refractivity (Wildman–Crippen MR) is 105 cm³/mol. The molecule has 144 valence electrons. The lowest BCUT2D eigenvalue weighted by Gasteiger charge is -2.05. The minimum absolute atomic E-state index is 0.0850. The van der Waals surface area contributed by atoms with Gasteiger partial charge < -0.3 is 20.1 Å². The molecule has 1 aromatic heterocycles. The van der Waals surface area contributed by atoms with E-state index in [1.807, 2.05) is 35.0 Å². The average Bonchev–Trinajstić information content (AvgIpc) is 3.04. The summed E-state index contributed by atoms with van der Waals surface area (Å²) < 4.78 is 6.91. The van der Waals surface area contributed by atoms with Crippen molar-refractivity contribution in [3.05, 3.63) is 59.8 Å². The molecule has 0 aliphatic rings. The Morgan fingerprint density at radius 3 is 2.79 bits per heavy atom. The van der Waals surface area contributed by atoms with Crippen LogP contribution in [-0.2, 0) is 11.3 Å². The number of aromatic hydroxyl groups is 1. The molecule has 2 aromatic carbocycles. The van der Waals surface area contributed by atoms with Gasteiger partial charge in [-0.15, -0.1) is 0 Å². The van der Waals surface area contributed by atoms with E-state index in [9.17, 15) is 14.7 Å². The Morgan fingerprint density at radius 2 is 2.07 bits per heavy atom. The molecule has 2 amide bonds. The third kappa shape index (κ3) is 4.12. The number of nitrogens with one attached hydrogen (secondary N) is 1. The van der Waals surface area contributed by atoms with E-state index in [0.29, 0.717) is 12.3 Å². The summed E-state index contributed by atoms with van der Waals surface area (Å²) in [5.74, 6) is -0.676. The van der Waals surface area contributed by atoms with Gasteiger partial charge in [0.25, 0.3) is 5.91 Å². The normalized spacial score (nSPS) is 11.0. The van der Waals surface area contributed by atoms with Crippen molar-refractivity contribution in [3.8, 4) is 11.5 Å². The van der Waals surface area contributed by atoms with E-state index in [1.54, 1.807) is 6.07 Å². The standard InChI is InChI=1S/C20H20N4O4/c1-28-14-6-7-16(18(25)10-14)20(27)23-22-11-13-12-24(9-8-19(21)26)17-5-3-2-4-15(13)17/h2-7,10-12,25H,8-9H2,1H3,(H2,21,26)(H,23,27)/b22-11-. The maximum absolute atomic E-state index is 12.2. The molecule has 0 atom stereocenters. The topological polar surface area (TPSA) is 119 Å². The molecule has 0 fully saturated rings. The summed E-state index contributed by atoms with van der Waals surface area (Å²) in [6, 6.07) is 12.0. The largest absolute Gasteiger partial charge is 0.507 e. The summed E-state index contributed by atoms with van der Waals surface area (Å²) in [4.78, 5) is 23.3. The minimum atomic E-state index is -0.547. The lowest BCUT2D eigenvalue weighted by molar-refractivity contribution is -0.118. The fourth-order valence-electron chi connectivity index (χ4n) is 2.84. The SMILES string of the molecule is COc1ccc(C(=O)N/N=C\c2cn(CCC(N)=O)c3ccccc23)c(O)c1. The zero-order valence-corrected chi connectivity index (χ0v) is 15.3. The summed E-state index contributed by atoms with van der Waals surface area (Å²) >= 11 is 0. The van der Waals surface area contributed by atoms with Gasteiger partial charge in [-0.25, -0.2) is 5.43 Å². The molecule has 0 unspecified atom stereocenters. The van der Waals surface area contributed by atoms with Crippen molar-refractivity contribution in [2.45, 2.75) is 13.0 Å². The third-order valence-corrected chi connectivity index (χ3v) is 4.24. The number of aryl methyl sites for hydroxylation is 1. The molecule has 0 aliphatic heterocycles. The number of rotatable bonds is 7. The van der Waals surface area contributed by atoms with Gasteiger partial charge in [-0.3, -0.25) is 9.59 Å². The van der Waals surface area contributed by atoms with E-state index in [-0.39, 0.29) is 23.6 Å². The number of para-hydroxylation sites is 1. The highest BCUT2D eigenvalue weighted by molar-refractivity contribution is 6.01. The summed E-state index contributed by atoms with van der Waals surface area (Å²) in [7, 11) is 1.47. The number of hydrazone groups is 1. The first-order valence-corrected chi connectivity index (χ1v) is 8.56. The zero-order valence-electron chi connectivity index (χ0n) is 15.3. The number of hydrogen-bond acceptors (Lipinski definition) is 5. The van der Waals surface area contributed by atoms with Crippen molar-refractivity contribution in [2.75, 3.05) is 7.11 Å². The van der Waals surface area contributed by atoms with Crippen LogP contribution in [0.25, 0.3) is 10.9 Å². The second-order valence-corrected chi connectivity index (χ2v) is 6.09.